The van der Waals surface area contributed by atoms with Gasteiger partial charge in [-0.15, -0.1) is 0 Å². The first-order valence-electron chi connectivity index (χ1n) is 6.27. The molecule has 0 bridgehead atoms. The summed E-state index contributed by atoms with van der Waals surface area (Å²) >= 11 is 0. The molecule has 1 aliphatic carbocycles. The third kappa shape index (κ3) is 2.63. The minimum atomic E-state index is 0.00630. The van der Waals surface area contributed by atoms with Crippen molar-refractivity contribution in [1.82, 2.24) is 0 Å². The van der Waals surface area contributed by atoms with Gasteiger partial charge < -0.3 is 10.5 Å². The van der Waals surface area contributed by atoms with E-state index in [-0.39, 0.29) is 12.1 Å². The van der Waals surface area contributed by atoms with Gasteiger partial charge in [0.2, 0.25) is 0 Å². The highest BCUT2D eigenvalue weighted by molar-refractivity contribution is 5.19. The second-order valence-corrected chi connectivity index (χ2v) is 4.57. The van der Waals surface area contributed by atoms with Gasteiger partial charge >= 0.3 is 0 Å². The molecule has 2 heteroatoms. The van der Waals surface area contributed by atoms with E-state index in [1.54, 1.807) is 0 Å². The maximum absolute atomic E-state index is 6.25. The Bertz CT molecular complexity index is 308. The quantitative estimate of drug-likeness (QED) is 0.826. The van der Waals surface area contributed by atoms with Crippen LogP contribution in [0, 0.1) is 0 Å². The van der Waals surface area contributed by atoms with E-state index in [9.17, 15) is 0 Å². The summed E-state index contributed by atoms with van der Waals surface area (Å²) < 4.78 is 6.03. The molecule has 2 atom stereocenters. The molecular weight excluding hydrogens is 198 g/mol. The zero-order valence-electron chi connectivity index (χ0n) is 9.93. The fourth-order valence-electron chi connectivity index (χ4n) is 2.08. The molecule has 2 rings (SSSR count). The van der Waals surface area contributed by atoms with Crippen molar-refractivity contribution in [3.8, 4) is 0 Å². The van der Waals surface area contributed by atoms with Crippen LogP contribution in [0.25, 0.3) is 0 Å². The summed E-state index contributed by atoms with van der Waals surface area (Å²) in [5.41, 5.74) is 7.43. The van der Waals surface area contributed by atoms with Gasteiger partial charge in [0.15, 0.2) is 0 Å². The van der Waals surface area contributed by atoms with Crippen molar-refractivity contribution in [2.24, 2.45) is 5.73 Å². The molecule has 2 unspecified atom stereocenters. The first-order valence-corrected chi connectivity index (χ1v) is 6.27. The Morgan fingerprint density at radius 1 is 1.31 bits per heavy atom. The van der Waals surface area contributed by atoms with E-state index < -0.39 is 0 Å². The molecule has 1 fully saturated rings. The van der Waals surface area contributed by atoms with Crippen LogP contribution in [-0.2, 0) is 4.74 Å². The van der Waals surface area contributed by atoms with Crippen LogP contribution in [0.2, 0.25) is 0 Å². The van der Waals surface area contributed by atoms with Crippen molar-refractivity contribution in [3.63, 3.8) is 0 Å². The van der Waals surface area contributed by atoms with Gasteiger partial charge in [0.1, 0.15) is 0 Å². The Morgan fingerprint density at radius 2 is 2.00 bits per heavy atom. The average Bonchev–Trinajstić information content (AvgIpc) is 2.28. The molecular formula is C14H21NO. The number of ether oxygens (including phenoxy) is 1. The van der Waals surface area contributed by atoms with E-state index in [0.29, 0.717) is 6.10 Å². The zero-order valence-corrected chi connectivity index (χ0v) is 9.93. The van der Waals surface area contributed by atoms with Crippen molar-refractivity contribution in [2.45, 2.75) is 50.9 Å². The van der Waals surface area contributed by atoms with Crippen molar-refractivity contribution >= 4 is 0 Å². The molecule has 0 heterocycles. The van der Waals surface area contributed by atoms with Gasteiger partial charge in [-0.05, 0) is 31.2 Å². The number of benzene rings is 1. The summed E-state index contributed by atoms with van der Waals surface area (Å²) in [6.45, 7) is 2.14. The highest BCUT2D eigenvalue weighted by atomic mass is 16.5. The molecule has 1 saturated carbocycles. The summed E-state index contributed by atoms with van der Waals surface area (Å²) in [6.07, 6.45) is 5.32. The molecule has 0 saturated heterocycles. The molecule has 0 radical (unpaired) electrons. The molecule has 1 aromatic carbocycles. The zero-order chi connectivity index (χ0) is 11.4. The minimum Gasteiger partial charge on any atom is -0.373 e. The predicted molar refractivity (Wildman–Crippen MR) is 66.2 cm³/mol. The molecule has 2 nitrogen and oxygen atoms in total. The van der Waals surface area contributed by atoms with E-state index in [0.717, 1.165) is 6.42 Å². The van der Waals surface area contributed by atoms with E-state index in [4.69, 9.17) is 10.5 Å². The van der Waals surface area contributed by atoms with Crippen LogP contribution in [0.3, 0.4) is 0 Å². The molecule has 16 heavy (non-hydrogen) atoms. The lowest BCUT2D eigenvalue weighted by Crippen LogP contribution is -2.34. The van der Waals surface area contributed by atoms with Gasteiger partial charge in [-0.25, -0.2) is 0 Å². The maximum atomic E-state index is 6.25. The Hall–Kier alpha value is -0.860. The van der Waals surface area contributed by atoms with Crippen LogP contribution >= 0.6 is 0 Å². The van der Waals surface area contributed by atoms with E-state index in [1.165, 1.54) is 24.8 Å². The van der Waals surface area contributed by atoms with Crippen LogP contribution in [0.1, 0.15) is 44.2 Å². The summed E-state index contributed by atoms with van der Waals surface area (Å²) in [6, 6.07) is 10.3. The van der Waals surface area contributed by atoms with E-state index in [1.807, 2.05) is 18.2 Å². The molecule has 0 amide bonds. The minimum absolute atomic E-state index is 0.00630. The van der Waals surface area contributed by atoms with Crippen molar-refractivity contribution in [2.75, 3.05) is 0 Å². The van der Waals surface area contributed by atoms with Crippen LogP contribution in [-0.4, -0.2) is 12.2 Å². The second-order valence-electron chi connectivity index (χ2n) is 4.57. The number of hydrogen-bond acceptors (Lipinski definition) is 2. The normalized spacial score (nSPS) is 20.1. The molecule has 1 aromatic rings. The van der Waals surface area contributed by atoms with Crippen molar-refractivity contribution in [1.29, 1.82) is 0 Å². The van der Waals surface area contributed by atoms with Gasteiger partial charge in [0, 0.05) is 0 Å². The number of hydrogen-bond donors (Lipinski definition) is 1. The molecule has 88 valence electrons. The highest BCUT2D eigenvalue weighted by Crippen LogP contribution is 2.28. The molecule has 0 aliphatic heterocycles. The number of rotatable bonds is 5. The first-order chi connectivity index (χ1) is 7.81. The van der Waals surface area contributed by atoms with Crippen LogP contribution in [0.15, 0.2) is 30.3 Å². The van der Waals surface area contributed by atoms with Crippen molar-refractivity contribution < 1.29 is 4.74 Å². The van der Waals surface area contributed by atoms with Crippen LogP contribution in [0.5, 0.6) is 0 Å². The smallest absolute Gasteiger partial charge is 0.0768 e. The Morgan fingerprint density at radius 3 is 2.50 bits per heavy atom. The summed E-state index contributed by atoms with van der Waals surface area (Å²) in [7, 11) is 0. The lowest BCUT2D eigenvalue weighted by Gasteiger charge is -2.33. The topological polar surface area (TPSA) is 35.2 Å². The summed E-state index contributed by atoms with van der Waals surface area (Å²) in [4.78, 5) is 0. The van der Waals surface area contributed by atoms with Crippen molar-refractivity contribution in [3.05, 3.63) is 35.9 Å². The van der Waals surface area contributed by atoms with Crippen LogP contribution in [0.4, 0.5) is 0 Å². The third-order valence-electron chi connectivity index (χ3n) is 3.41. The second kappa shape index (κ2) is 5.46. The highest BCUT2D eigenvalue weighted by Gasteiger charge is 2.25. The molecule has 2 N–H and O–H groups in total. The summed E-state index contributed by atoms with van der Waals surface area (Å²) in [5.74, 6) is 0. The van der Waals surface area contributed by atoms with E-state index >= 15 is 0 Å². The third-order valence-corrected chi connectivity index (χ3v) is 3.41. The first kappa shape index (κ1) is 11.6. The standard InChI is InChI=1S/C14H21NO/c1-2-13(16-12-9-6-10-12)14(15)11-7-4-3-5-8-11/h3-5,7-8,12-14H,2,6,9-10,15H2,1H3. The fourth-order valence-corrected chi connectivity index (χ4v) is 2.08. The maximum Gasteiger partial charge on any atom is 0.0768 e. The van der Waals surface area contributed by atoms with Gasteiger partial charge in [0.05, 0.1) is 18.2 Å². The average molecular weight is 219 g/mol. The van der Waals surface area contributed by atoms with Gasteiger partial charge in [-0.2, -0.15) is 0 Å². The monoisotopic (exact) mass is 219 g/mol. The fraction of sp³-hybridized carbons (Fsp3) is 0.571. The lowest BCUT2D eigenvalue weighted by molar-refractivity contribution is -0.0630. The largest absolute Gasteiger partial charge is 0.373 e. The van der Waals surface area contributed by atoms with Crippen LogP contribution < -0.4 is 5.73 Å². The molecule has 1 aliphatic rings. The SMILES string of the molecule is CCC(OC1CCC1)C(N)c1ccccc1. The Balaban J connectivity index is 1.97. The van der Waals surface area contributed by atoms with Gasteiger partial charge in [0.25, 0.3) is 0 Å². The van der Waals surface area contributed by atoms with Gasteiger partial charge in [-0.3, -0.25) is 0 Å². The van der Waals surface area contributed by atoms with Gasteiger partial charge in [-0.1, -0.05) is 37.3 Å². The number of nitrogens with two attached hydrogens (primary N) is 1. The molecule has 0 aromatic heterocycles. The Kier molecular flexibility index (Phi) is 3.97. The molecule has 0 spiro atoms. The lowest BCUT2D eigenvalue weighted by atomic mass is 9.94. The summed E-state index contributed by atoms with van der Waals surface area (Å²) in [5, 5.41) is 0. The predicted octanol–water partition coefficient (Wildman–Crippen LogP) is 3.03. The van der Waals surface area contributed by atoms with E-state index in [2.05, 4.69) is 19.1 Å². The Labute approximate surface area is 97.8 Å².